The topological polar surface area (TPSA) is 61.8 Å². The molecule has 5 nitrogen and oxygen atoms in total. The lowest BCUT2D eigenvalue weighted by Gasteiger charge is -2.41. The zero-order chi connectivity index (χ0) is 15.1. The van der Waals surface area contributed by atoms with Gasteiger partial charge in [-0.3, -0.25) is 9.59 Å². The third-order valence-corrected chi connectivity index (χ3v) is 4.66. The second kappa shape index (κ2) is 5.54. The van der Waals surface area contributed by atoms with Crippen LogP contribution < -0.4 is 0 Å². The van der Waals surface area contributed by atoms with E-state index in [1.165, 1.54) is 6.92 Å². The predicted molar refractivity (Wildman–Crippen MR) is 74.2 cm³/mol. The lowest BCUT2D eigenvalue weighted by atomic mass is 9.75. The van der Waals surface area contributed by atoms with Gasteiger partial charge >= 0.3 is 5.97 Å². The fourth-order valence-corrected chi connectivity index (χ4v) is 3.94. The van der Waals surface area contributed by atoms with Crippen molar-refractivity contribution in [3.63, 3.8) is 0 Å². The molecule has 1 heterocycles. The molecule has 0 aromatic carbocycles. The number of hydrogen-bond acceptors (Lipinski definition) is 5. The predicted octanol–water partition coefficient (Wildman–Crippen LogP) is 1.71. The minimum atomic E-state index is -0.834. The minimum absolute atomic E-state index is 0.0459. The number of esters is 1. The first-order valence-electron chi connectivity index (χ1n) is 7.63. The van der Waals surface area contributed by atoms with E-state index in [0.717, 1.165) is 6.42 Å². The van der Waals surface area contributed by atoms with Gasteiger partial charge in [0.25, 0.3) is 0 Å². The van der Waals surface area contributed by atoms with E-state index in [9.17, 15) is 9.59 Å². The summed E-state index contributed by atoms with van der Waals surface area (Å²) in [4.78, 5) is 23.7. The first kappa shape index (κ1) is 14.7. The van der Waals surface area contributed by atoms with Crippen LogP contribution in [0.1, 0.15) is 27.2 Å². The summed E-state index contributed by atoms with van der Waals surface area (Å²) >= 11 is 0. The van der Waals surface area contributed by atoms with Crippen molar-refractivity contribution >= 4 is 11.8 Å². The van der Waals surface area contributed by atoms with Gasteiger partial charge in [-0.2, -0.15) is 0 Å². The van der Waals surface area contributed by atoms with Crippen LogP contribution in [0.15, 0.2) is 12.2 Å². The molecule has 3 rings (SSSR count). The van der Waals surface area contributed by atoms with Gasteiger partial charge in [-0.15, -0.1) is 0 Å². The highest BCUT2D eigenvalue weighted by Gasteiger charge is 2.57. The van der Waals surface area contributed by atoms with Crippen LogP contribution in [0.3, 0.4) is 0 Å². The Morgan fingerprint density at radius 3 is 2.76 bits per heavy atom. The quantitative estimate of drug-likeness (QED) is 0.583. The van der Waals surface area contributed by atoms with E-state index in [2.05, 4.69) is 12.2 Å². The molecule has 5 heteroatoms. The molecule has 0 aromatic rings. The summed E-state index contributed by atoms with van der Waals surface area (Å²) in [7, 11) is 0. The zero-order valence-corrected chi connectivity index (χ0v) is 12.7. The molecule has 3 aliphatic rings. The van der Waals surface area contributed by atoms with Gasteiger partial charge in [0.05, 0.1) is 12.2 Å². The number of Topliss-reactive ketones (excluding diaryl/α,β-unsaturated/α-hetero) is 1. The van der Waals surface area contributed by atoms with Gasteiger partial charge in [-0.1, -0.05) is 12.2 Å². The fraction of sp³-hybridized carbons (Fsp3) is 0.750. The molecular weight excluding hydrogens is 272 g/mol. The van der Waals surface area contributed by atoms with Crippen molar-refractivity contribution in [1.82, 2.24) is 0 Å². The van der Waals surface area contributed by atoms with Crippen molar-refractivity contribution in [2.75, 3.05) is 6.61 Å². The van der Waals surface area contributed by atoms with Crippen LogP contribution in [-0.2, 0) is 23.8 Å². The molecule has 2 fully saturated rings. The van der Waals surface area contributed by atoms with Crippen LogP contribution in [0.5, 0.6) is 0 Å². The maximum Gasteiger partial charge on any atom is 0.302 e. The Morgan fingerprint density at radius 2 is 2.10 bits per heavy atom. The maximum absolute atomic E-state index is 12.6. The molecule has 0 spiro atoms. The molecule has 2 aliphatic carbocycles. The van der Waals surface area contributed by atoms with Crippen LogP contribution in [0.2, 0.25) is 0 Å². The van der Waals surface area contributed by atoms with Crippen LogP contribution in [0.25, 0.3) is 0 Å². The van der Waals surface area contributed by atoms with Gasteiger partial charge in [-0.05, 0) is 32.1 Å². The number of ether oxygens (including phenoxy) is 3. The standard InChI is InChI=1S/C16H22O5/c1-8(2)20-16-15(18)14-11-5-4-10(6-11)13(14)12(21-16)7-19-9(3)17/h4-5,8,10-14,16H,6-7H2,1-3H3/t10-,11+,12+,13-,14-,16-/m0/s1. The van der Waals surface area contributed by atoms with Crippen molar-refractivity contribution in [1.29, 1.82) is 0 Å². The average molecular weight is 294 g/mol. The fourth-order valence-electron chi connectivity index (χ4n) is 3.94. The van der Waals surface area contributed by atoms with Crippen LogP contribution in [-0.4, -0.2) is 36.9 Å². The first-order valence-corrected chi connectivity index (χ1v) is 7.63. The number of carbonyl (C=O) groups is 2. The number of hydrogen-bond donors (Lipinski definition) is 0. The third-order valence-electron chi connectivity index (χ3n) is 4.66. The van der Waals surface area contributed by atoms with Crippen molar-refractivity contribution < 1.29 is 23.8 Å². The maximum atomic E-state index is 12.6. The molecule has 1 saturated heterocycles. The highest BCUT2D eigenvalue weighted by Crippen LogP contribution is 2.53. The summed E-state index contributed by atoms with van der Waals surface area (Å²) in [5, 5.41) is 0. The summed E-state index contributed by atoms with van der Waals surface area (Å²) < 4.78 is 16.6. The molecule has 1 aliphatic heterocycles. The Balaban J connectivity index is 1.80. The summed E-state index contributed by atoms with van der Waals surface area (Å²) in [5.41, 5.74) is 0. The lowest BCUT2D eigenvalue weighted by Crippen LogP contribution is -2.52. The molecule has 0 unspecified atom stereocenters. The van der Waals surface area contributed by atoms with Gasteiger partial charge in [0.2, 0.25) is 6.29 Å². The molecule has 116 valence electrons. The van der Waals surface area contributed by atoms with Crippen molar-refractivity contribution in [3.05, 3.63) is 12.2 Å². The summed E-state index contributed by atoms with van der Waals surface area (Å²) in [6.45, 7) is 5.34. The van der Waals surface area contributed by atoms with Crippen LogP contribution in [0.4, 0.5) is 0 Å². The summed E-state index contributed by atoms with van der Waals surface area (Å²) in [6.07, 6.45) is 4.13. The monoisotopic (exact) mass is 294 g/mol. The van der Waals surface area contributed by atoms with E-state index in [1.807, 2.05) is 13.8 Å². The van der Waals surface area contributed by atoms with Gasteiger partial charge in [0.1, 0.15) is 6.61 Å². The van der Waals surface area contributed by atoms with Gasteiger partial charge < -0.3 is 14.2 Å². The van der Waals surface area contributed by atoms with Crippen LogP contribution in [0, 0.1) is 23.7 Å². The van der Waals surface area contributed by atoms with Crippen LogP contribution >= 0.6 is 0 Å². The number of fused-ring (bicyclic) bond motifs is 5. The highest BCUT2D eigenvalue weighted by molar-refractivity contribution is 5.86. The SMILES string of the molecule is CC(=O)OC[C@H]1O[C@H](OC(C)C)C(=O)[C@@H]2[C@H]1[C@H]1C=C[C@@H]2C1. The third kappa shape index (κ3) is 2.64. The average Bonchev–Trinajstić information content (AvgIpc) is 3.00. The van der Waals surface area contributed by atoms with E-state index in [-0.39, 0.29) is 48.3 Å². The molecule has 21 heavy (non-hydrogen) atoms. The number of ketones is 1. The van der Waals surface area contributed by atoms with Crippen molar-refractivity contribution in [2.45, 2.75) is 45.7 Å². The van der Waals surface area contributed by atoms with E-state index in [1.54, 1.807) is 0 Å². The Kier molecular flexibility index (Phi) is 3.88. The molecule has 0 aromatic heterocycles. The van der Waals surface area contributed by atoms with Crippen molar-refractivity contribution in [2.24, 2.45) is 23.7 Å². The number of carbonyl (C=O) groups excluding carboxylic acids is 2. The molecule has 0 N–H and O–H groups in total. The van der Waals surface area contributed by atoms with Crippen molar-refractivity contribution in [3.8, 4) is 0 Å². The number of allylic oxidation sites excluding steroid dienone is 2. The van der Waals surface area contributed by atoms with Gasteiger partial charge in [0, 0.05) is 18.8 Å². The molecule has 2 bridgehead atoms. The minimum Gasteiger partial charge on any atom is -0.463 e. The smallest absolute Gasteiger partial charge is 0.302 e. The van der Waals surface area contributed by atoms with E-state index >= 15 is 0 Å². The summed E-state index contributed by atoms with van der Waals surface area (Å²) in [5.74, 6) is 0.410. The second-order valence-corrected chi connectivity index (χ2v) is 6.45. The second-order valence-electron chi connectivity index (χ2n) is 6.45. The van der Waals surface area contributed by atoms with Gasteiger partial charge in [0.15, 0.2) is 5.78 Å². The Morgan fingerprint density at radius 1 is 1.38 bits per heavy atom. The summed E-state index contributed by atoms with van der Waals surface area (Å²) in [6, 6.07) is 0. The first-order chi connectivity index (χ1) is 9.97. The molecule has 0 amide bonds. The normalized spacial score (nSPS) is 40.7. The number of rotatable bonds is 4. The Bertz CT molecular complexity index is 469. The highest BCUT2D eigenvalue weighted by atomic mass is 16.7. The van der Waals surface area contributed by atoms with E-state index in [0.29, 0.717) is 5.92 Å². The van der Waals surface area contributed by atoms with E-state index < -0.39 is 6.29 Å². The van der Waals surface area contributed by atoms with Gasteiger partial charge in [-0.25, -0.2) is 0 Å². The van der Waals surface area contributed by atoms with E-state index in [4.69, 9.17) is 14.2 Å². The Labute approximate surface area is 124 Å². The lowest BCUT2D eigenvalue weighted by molar-refractivity contribution is -0.233. The largest absolute Gasteiger partial charge is 0.463 e. The molecule has 1 saturated carbocycles. The molecular formula is C16H22O5. The molecule has 6 atom stereocenters. The zero-order valence-electron chi connectivity index (χ0n) is 12.7. The molecule has 0 radical (unpaired) electrons. The Hall–Kier alpha value is -1.20.